The smallest absolute Gasteiger partial charge is 0.226 e. The van der Waals surface area contributed by atoms with Gasteiger partial charge >= 0.3 is 0 Å². The third kappa shape index (κ3) is 7.75. The number of nitrogens with one attached hydrogen (secondary N) is 3. The van der Waals surface area contributed by atoms with Gasteiger partial charge in [-0.1, -0.05) is 24.6 Å². The second kappa shape index (κ2) is 13.2. The Labute approximate surface area is 190 Å². The summed E-state index contributed by atoms with van der Waals surface area (Å²) in [6.07, 6.45) is 2.82. The molecule has 1 unspecified atom stereocenters. The highest BCUT2D eigenvalue weighted by Crippen LogP contribution is 2.22. The molecule has 0 aromatic heterocycles. The molecule has 3 N–H and O–H groups in total. The Hall–Kier alpha value is -1.06. The summed E-state index contributed by atoms with van der Waals surface area (Å²) in [5.41, 5.74) is 1.64. The van der Waals surface area contributed by atoms with E-state index in [4.69, 9.17) is 16.6 Å². The van der Waals surface area contributed by atoms with Gasteiger partial charge in [0, 0.05) is 36.3 Å². The van der Waals surface area contributed by atoms with E-state index in [9.17, 15) is 4.79 Å². The van der Waals surface area contributed by atoms with E-state index in [2.05, 4.69) is 27.8 Å². The molecule has 0 radical (unpaired) electrons. The molecule has 2 rings (SSSR count). The minimum atomic E-state index is -0.0448. The van der Waals surface area contributed by atoms with Crippen LogP contribution in [0.2, 0.25) is 5.02 Å². The number of hydrogen-bond acceptors (Lipinski definition) is 3. The monoisotopic (exact) mass is 521 g/mol. The minimum Gasteiger partial charge on any atom is -0.357 e. The van der Waals surface area contributed by atoms with Crippen molar-refractivity contribution in [1.82, 2.24) is 15.5 Å². The van der Waals surface area contributed by atoms with E-state index in [0.717, 1.165) is 36.8 Å². The Bertz CT molecular complexity index is 655. The highest BCUT2D eigenvalue weighted by molar-refractivity contribution is 14.0. The third-order valence-corrected chi connectivity index (χ3v) is 5.31. The average molecular weight is 522 g/mol. The van der Waals surface area contributed by atoms with Gasteiger partial charge in [0.25, 0.3) is 0 Å². The lowest BCUT2D eigenvalue weighted by atomic mass is 10.2. The SMILES string of the molecule is CCNC(=NCC1CCCN1CC)NCCC(=O)Nc1cccc(Cl)c1C.I. The van der Waals surface area contributed by atoms with Crippen molar-refractivity contribution in [3.63, 3.8) is 0 Å². The van der Waals surface area contributed by atoms with Crippen molar-refractivity contribution < 1.29 is 4.79 Å². The number of guanidine groups is 1. The van der Waals surface area contributed by atoms with E-state index < -0.39 is 0 Å². The van der Waals surface area contributed by atoms with Crippen molar-refractivity contribution in [1.29, 1.82) is 0 Å². The van der Waals surface area contributed by atoms with Crippen LogP contribution in [0.5, 0.6) is 0 Å². The molecule has 1 saturated heterocycles. The molecule has 1 aromatic rings. The number of likely N-dealkylation sites (N-methyl/N-ethyl adjacent to an activating group) is 1. The van der Waals surface area contributed by atoms with Crippen molar-refractivity contribution in [2.45, 2.75) is 46.1 Å². The van der Waals surface area contributed by atoms with E-state index in [1.807, 2.05) is 32.0 Å². The van der Waals surface area contributed by atoms with Crippen LogP contribution in [0.4, 0.5) is 5.69 Å². The van der Waals surface area contributed by atoms with Crippen LogP contribution in [0.25, 0.3) is 0 Å². The number of amides is 1. The van der Waals surface area contributed by atoms with Crippen molar-refractivity contribution in [2.75, 3.05) is 38.0 Å². The minimum absolute atomic E-state index is 0. The molecule has 1 fully saturated rings. The first kappa shape index (κ1) is 25.0. The first-order valence-electron chi connectivity index (χ1n) is 9.86. The molecule has 0 bridgehead atoms. The molecule has 0 spiro atoms. The topological polar surface area (TPSA) is 68.8 Å². The summed E-state index contributed by atoms with van der Waals surface area (Å²) in [4.78, 5) is 19.4. The van der Waals surface area contributed by atoms with Crippen molar-refractivity contribution in [3.8, 4) is 0 Å². The summed E-state index contributed by atoms with van der Waals surface area (Å²) in [5.74, 6) is 0.726. The van der Waals surface area contributed by atoms with E-state index in [1.165, 1.54) is 19.4 Å². The van der Waals surface area contributed by atoms with Gasteiger partial charge in [-0.3, -0.25) is 14.7 Å². The quantitative estimate of drug-likeness (QED) is 0.278. The van der Waals surface area contributed by atoms with Gasteiger partial charge in [0.2, 0.25) is 5.91 Å². The molecule has 1 atom stereocenters. The second-order valence-electron chi connectivity index (χ2n) is 6.78. The molecule has 0 saturated carbocycles. The highest BCUT2D eigenvalue weighted by atomic mass is 127. The third-order valence-electron chi connectivity index (χ3n) is 4.90. The molecular formula is C20H33ClIN5O. The Balaban J connectivity index is 0.00000392. The van der Waals surface area contributed by atoms with Gasteiger partial charge in [0.15, 0.2) is 5.96 Å². The summed E-state index contributed by atoms with van der Waals surface area (Å²) in [5, 5.41) is 10.1. The first-order chi connectivity index (χ1) is 13.0. The molecule has 1 amide bonds. The number of nitrogens with zero attached hydrogens (tertiary/aromatic N) is 2. The van der Waals surface area contributed by atoms with Gasteiger partial charge in [0.05, 0.1) is 6.54 Å². The number of anilines is 1. The fraction of sp³-hybridized carbons (Fsp3) is 0.600. The maximum atomic E-state index is 12.2. The van der Waals surface area contributed by atoms with Crippen LogP contribution in [-0.2, 0) is 4.79 Å². The molecule has 0 aliphatic carbocycles. The predicted molar refractivity (Wildman–Crippen MR) is 129 cm³/mol. The molecule has 1 heterocycles. The zero-order valence-electron chi connectivity index (χ0n) is 17.1. The number of halogens is 2. The Morgan fingerprint density at radius 3 is 2.82 bits per heavy atom. The Morgan fingerprint density at radius 1 is 1.32 bits per heavy atom. The number of rotatable bonds is 8. The van der Waals surface area contributed by atoms with Crippen molar-refractivity contribution in [3.05, 3.63) is 28.8 Å². The number of likely N-dealkylation sites (tertiary alicyclic amines) is 1. The van der Waals surface area contributed by atoms with E-state index >= 15 is 0 Å². The van der Waals surface area contributed by atoms with Gasteiger partial charge in [-0.15, -0.1) is 24.0 Å². The first-order valence-corrected chi connectivity index (χ1v) is 10.2. The predicted octanol–water partition coefficient (Wildman–Crippen LogP) is 3.63. The van der Waals surface area contributed by atoms with Crippen molar-refractivity contribution >= 4 is 53.1 Å². The molecule has 28 heavy (non-hydrogen) atoms. The van der Waals surface area contributed by atoms with E-state index in [0.29, 0.717) is 24.0 Å². The van der Waals surface area contributed by atoms with Gasteiger partial charge < -0.3 is 16.0 Å². The summed E-state index contributed by atoms with van der Waals surface area (Å²) in [6, 6.07) is 6.04. The van der Waals surface area contributed by atoms with Gasteiger partial charge in [0.1, 0.15) is 0 Å². The van der Waals surface area contributed by atoms with E-state index in [-0.39, 0.29) is 29.9 Å². The maximum absolute atomic E-state index is 12.2. The molecule has 158 valence electrons. The largest absolute Gasteiger partial charge is 0.357 e. The highest BCUT2D eigenvalue weighted by Gasteiger charge is 2.22. The number of benzene rings is 1. The molecule has 1 aliphatic heterocycles. The Morgan fingerprint density at radius 2 is 2.11 bits per heavy atom. The van der Waals surface area contributed by atoms with Crippen LogP contribution < -0.4 is 16.0 Å². The lowest BCUT2D eigenvalue weighted by Gasteiger charge is -2.21. The van der Waals surface area contributed by atoms with Crippen LogP contribution in [0.3, 0.4) is 0 Å². The Kier molecular flexibility index (Phi) is 11.8. The zero-order chi connectivity index (χ0) is 19.6. The molecule has 1 aromatic carbocycles. The lowest BCUT2D eigenvalue weighted by molar-refractivity contribution is -0.116. The normalized spacial score (nSPS) is 17.1. The lowest BCUT2D eigenvalue weighted by Crippen LogP contribution is -2.40. The van der Waals surface area contributed by atoms with Crippen LogP contribution in [-0.4, -0.2) is 55.5 Å². The molecule has 6 nitrogen and oxygen atoms in total. The van der Waals surface area contributed by atoms with Crippen LogP contribution >= 0.6 is 35.6 Å². The zero-order valence-corrected chi connectivity index (χ0v) is 20.1. The number of hydrogen-bond donors (Lipinski definition) is 3. The average Bonchev–Trinajstić information content (AvgIpc) is 3.11. The molecule has 1 aliphatic rings. The molecular weight excluding hydrogens is 489 g/mol. The van der Waals surface area contributed by atoms with Gasteiger partial charge in [-0.25, -0.2) is 0 Å². The van der Waals surface area contributed by atoms with Crippen LogP contribution in [0.1, 0.15) is 38.7 Å². The van der Waals surface area contributed by atoms with Crippen molar-refractivity contribution in [2.24, 2.45) is 4.99 Å². The summed E-state index contributed by atoms with van der Waals surface area (Å²) in [7, 11) is 0. The van der Waals surface area contributed by atoms with Gasteiger partial charge in [-0.05, 0) is 57.5 Å². The summed E-state index contributed by atoms with van der Waals surface area (Å²) >= 11 is 6.10. The maximum Gasteiger partial charge on any atom is 0.226 e. The summed E-state index contributed by atoms with van der Waals surface area (Å²) < 4.78 is 0. The van der Waals surface area contributed by atoms with Gasteiger partial charge in [-0.2, -0.15) is 0 Å². The van der Waals surface area contributed by atoms with Crippen LogP contribution in [0.15, 0.2) is 23.2 Å². The standard InChI is InChI=1S/C20H32ClN5O.HI/c1-4-22-20(24-14-16-8-7-13-26(16)5-2)23-12-11-19(27)25-18-10-6-9-17(21)15(18)3;/h6,9-10,16H,4-5,7-8,11-14H2,1-3H3,(H,25,27)(H2,22,23,24);1H. The number of aliphatic imine (C=N–C) groups is 1. The molecule has 8 heteroatoms. The fourth-order valence-electron chi connectivity index (χ4n) is 3.31. The number of carbonyl (C=O) groups excluding carboxylic acids is 1. The van der Waals surface area contributed by atoms with Crippen LogP contribution in [0, 0.1) is 6.92 Å². The fourth-order valence-corrected chi connectivity index (χ4v) is 3.48. The van der Waals surface area contributed by atoms with E-state index in [1.54, 1.807) is 0 Å². The number of carbonyl (C=O) groups is 1. The second-order valence-corrected chi connectivity index (χ2v) is 7.19. The summed E-state index contributed by atoms with van der Waals surface area (Å²) in [6.45, 7) is 10.5.